The van der Waals surface area contributed by atoms with Crippen LogP contribution in [0.2, 0.25) is 5.02 Å². The van der Waals surface area contributed by atoms with Crippen LogP contribution in [0, 0.1) is 5.82 Å². The van der Waals surface area contributed by atoms with E-state index < -0.39 is 29.4 Å². The number of methoxy groups -OCH3 is 1. The zero-order valence-electron chi connectivity index (χ0n) is 27.9. The number of benzene rings is 4. The van der Waals surface area contributed by atoms with Crippen molar-refractivity contribution in [1.29, 1.82) is 0 Å². The molecular formula is C39H32ClFN2O7S. The van der Waals surface area contributed by atoms with Crippen LogP contribution in [0.1, 0.15) is 52.5 Å². The topological polar surface area (TPSA) is 105 Å². The standard InChI is InChI=1S/C39H32ClFN2O7S/c1-4-48-37(45)27-13-11-23(12-14-27)22-50-35-29(40)19-24(20-30(35)47-3)21-31-36(44)43-34(26-15-17-28(41)18-16-26)32(38(46)49-5-2)33(42-39(43)51-31)25-9-7-6-8-10-25/h6-21,34H,4-5,22H2,1-3H3/b31-21-/t34-/m0/s1. The number of hydrogen-bond acceptors (Lipinski definition) is 9. The number of fused-ring (bicyclic) bond motifs is 1. The number of aromatic nitrogens is 1. The molecule has 4 aromatic carbocycles. The predicted octanol–water partition coefficient (Wildman–Crippen LogP) is 6.49. The second kappa shape index (κ2) is 15.6. The fourth-order valence-corrected chi connectivity index (χ4v) is 6.90. The minimum absolute atomic E-state index is 0.106. The van der Waals surface area contributed by atoms with Gasteiger partial charge in [-0.25, -0.2) is 19.0 Å². The summed E-state index contributed by atoms with van der Waals surface area (Å²) in [4.78, 5) is 45.0. The summed E-state index contributed by atoms with van der Waals surface area (Å²) < 4.78 is 38.0. The van der Waals surface area contributed by atoms with Gasteiger partial charge < -0.3 is 18.9 Å². The van der Waals surface area contributed by atoms with Gasteiger partial charge >= 0.3 is 11.9 Å². The maximum atomic E-state index is 14.2. The van der Waals surface area contributed by atoms with Gasteiger partial charge in [0.1, 0.15) is 12.4 Å². The molecular weight excluding hydrogens is 695 g/mol. The molecule has 0 saturated carbocycles. The first kappa shape index (κ1) is 35.3. The van der Waals surface area contributed by atoms with E-state index in [9.17, 15) is 18.8 Å². The van der Waals surface area contributed by atoms with Crippen molar-refractivity contribution in [3.8, 4) is 11.5 Å². The second-order valence-electron chi connectivity index (χ2n) is 11.2. The first-order valence-corrected chi connectivity index (χ1v) is 17.2. The lowest BCUT2D eigenvalue weighted by Crippen LogP contribution is -2.40. The van der Waals surface area contributed by atoms with E-state index in [0.717, 1.165) is 16.9 Å². The Hall–Kier alpha value is -5.52. The molecule has 6 rings (SSSR count). The molecule has 0 saturated heterocycles. The number of thiazole rings is 1. The van der Waals surface area contributed by atoms with Crippen LogP contribution in [0.25, 0.3) is 11.8 Å². The Morgan fingerprint density at radius 3 is 2.29 bits per heavy atom. The largest absolute Gasteiger partial charge is 0.493 e. The number of rotatable bonds is 11. The van der Waals surface area contributed by atoms with Crippen LogP contribution in [-0.4, -0.2) is 36.8 Å². The zero-order chi connectivity index (χ0) is 36.1. The molecule has 1 aliphatic rings. The van der Waals surface area contributed by atoms with E-state index in [4.69, 9.17) is 35.5 Å². The molecule has 5 aromatic rings. The quantitative estimate of drug-likeness (QED) is 0.143. The fourth-order valence-electron chi connectivity index (χ4n) is 5.62. The van der Waals surface area contributed by atoms with Crippen molar-refractivity contribution in [2.24, 2.45) is 4.99 Å². The molecule has 260 valence electrons. The third-order valence-electron chi connectivity index (χ3n) is 7.96. The third-order valence-corrected chi connectivity index (χ3v) is 9.22. The molecule has 12 heteroatoms. The van der Waals surface area contributed by atoms with E-state index in [0.29, 0.717) is 48.8 Å². The fraction of sp³-hybridized carbons (Fsp3) is 0.179. The van der Waals surface area contributed by atoms with Crippen molar-refractivity contribution in [3.05, 3.63) is 155 Å². The van der Waals surface area contributed by atoms with Gasteiger partial charge in [-0.1, -0.05) is 77.5 Å². The van der Waals surface area contributed by atoms with Crippen molar-refractivity contribution in [3.63, 3.8) is 0 Å². The van der Waals surface area contributed by atoms with Crippen molar-refractivity contribution >= 4 is 46.6 Å². The molecule has 0 radical (unpaired) electrons. The molecule has 2 heterocycles. The van der Waals surface area contributed by atoms with Gasteiger partial charge in [0, 0.05) is 5.56 Å². The second-order valence-corrected chi connectivity index (χ2v) is 12.6. The van der Waals surface area contributed by atoms with Crippen molar-refractivity contribution in [1.82, 2.24) is 4.57 Å². The Morgan fingerprint density at radius 1 is 0.941 bits per heavy atom. The summed E-state index contributed by atoms with van der Waals surface area (Å²) in [6, 6.07) is 24.1. The van der Waals surface area contributed by atoms with E-state index in [2.05, 4.69) is 0 Å². The summed E-state index contributed by atoms with van der Waals surface area (Å²) in [7, 11) is 1.48. The molecule has 0 unspecified atom stereocenters. The number of ether oxygens (including phenoxy) is 4. The van der Waals surface area contributed by atoms with Crippen LogP contribution in [0.5, 0.6) is 11.5 Å². The van der Waals surface area contributed by atoms with Gasteiger partial charge in [0.15, 0.2) is 16.3 Å². The van der Waals surface area contributed by atoms with Gasteiger partial charge in [0.2, 0.25) is 0 Å². The predicted molar refractivity (Wildman–Crippen MR) is 192 cm³/mol. The SMILES string of the molecule is CCOC(=O)C1=C(c2ccccc2)N=c2s/c(=C\c3cc(Cl)c(OCc4ccc(C(=O)OCC)cc4)c(OC)c3)c(=O)n2[C@H]1c1ccc(F)cc1. The molecule has 0 spiro atoms. The number of carbonyl (C=O) groups is 2. The zero-order valence-corrected chi connectivity index (χ0v) is 29.4. The van der Waals surface area contributed by atoms with Crippen molar-refractivity contribution < 1.29 is 32.9 Å². The minimum atomic E-state index is -0.946. The summed E-state index contributed by atoms with van der Waals surface area (Å²) >= 11 is 7.84. The lowest BCUT2D eigenvalue weighted by molar-refractivity contribution is -0.138. The van der Waals surface area contributed by atoms with Crippen molar-refractivity contribution in [2.45, 2.75) is 26.5 Å². The van der Waals surface area contributed by atoms with E-state index in [1.165, 1.54) is 23.8 Å². The summed E-state index contributed by atoms with van der Waals surface area (Å²) in [6.45, 7) is 3.98. The normalized spacial score (nSPS) is 14.1. The van der Waals surface area contributed by atoms with Crippen LogP contribution in [0.4, 0.5) is 4.39 Å². The van der Waals surface area contributed by atoms with E-state index in [1.807, 2.05) is 30.3 Å². The summed E-state index contributed by atoms with van der Waals surface area (Å²) in [5.74, 6) is -0.855. The lowest BCUT2D eigenvalue weighted by atomic mass is 9.93. The van der Waals surface area contributed by atoms with Gasteiger partial charge in [-0.3, -0.25) is 9.36 Å². The number of hydrogen-bond donors (Lipinski definition) is 0. The highest BCUT2D eigenvalue weighted by molar-refractivity contribution is 7.07. The molecule has 0 amide bonds. The number of halogens is 2. The van der Waals surface area contributed by atoms with Gasteiger partial charge in [0.05, 0.1) is 52.8 Å². The summed E-state index contributed by atoms with van der Waals surface area (Å²) in [5, 5.41) is 0.247. The van der Waals surface area contributed by atoms with E-state index in [-0.39, 0.29) is 30.4 Å². The highest BCUT2D eigenvalue weighted by Crippen LogP contribution is 2.38. The Kier molecular flexibility index (Phi) is 10.8. The molecule has 9 nitrogen and oxygen atoms in total. The average molecular weight is 727 g/mol. The molecule has 1 aromatic heterocycles. The first-order chi connectivity index (χ1) is 24.7. The average Bonchev–Trinajstić information content (AvgIpc) is 3.45. The Labute approximate surface area is 301 Å². The monoisotopic (exact) mass is 726 g/mol. The lowest BCUT2D eigenvalue weighted by Gasteiger charge is -2.25. The van der Waals surface area contributed by atoms with Crippen LogP contribution in [0.15, 0.2) is 106 Å². The Balaban J connectivity index is 1.41. The number of esters is 2. The van der Waals surface area contributed by atoms with E-state index in [1.54, 1.807) is 68.5 Å². The van der Waals surface area contributed by atoms with E-state index >= 15 is 0 Å². The van der Waals surface area contributed by atoms with Crippen LogP contribution < -0.4 is 24.4 Å². The summed E-state index contributed by atoms with van der Waals surface area (Å²) in [6.07, 6.45) is 1.66. The van der Waals surface area contributed by atoms with Crippen LogP contribution in [0.3, 0.4) is 0 Å². The van der Waals surface area contributed by atoms with Gasteiger partial charge in [-0.05, 0) is 73.0 Å². The molecule has 0 bridgehead atoms. The van der Waals surface area contributed by atoms with Gasteiger partial charge in [0.25, 0.3) is 5.56 Å². The number of nitrogens with zero attached hydrogens (tertiary/aromatic N) is 2. The molecule has 1 aliphatic heterocycles. The van der Waals surface area contributed by atoms with Gasteiger partial charge in [-0.15, -0.1) is 0 Å². The smallest absolute Gasteiger partial charge is 0.338 e. The highest BCUT2D eigenvalue weighted by atomic mass is 35.5. The highest BCUT2D eigenvalue weighted by Gasteiger charge is 2.35. The summed E-state index contributed by atoms with van der Waals surface area (Å²) in [5.41, 5.74) is 3.06. The Bertz CT molecular complexity index is 2300. The minimum Gasteiger partial charge on any atom is -0.493 e. The maximum Gasteiger partial charge on any atom is 0.338 e. The maximum absolute atomic E-state index is 14.2. The molecule has 51 heavy (non-hydrogen) atoms. The van der Waals surface area contributed by atoms with Gasteiger partial charge in [-0.2, -0.15) is 0 Å². The first-order valence-electron chi connectivity index (χ1n) is 16.0. The molecule has 1 atom stereocenters. The third kappa shape index (κ3) is 7.50. The molecule has 0 fully saturated rings. The van der Waals surface area contributed by atoms with Crippen molar-refractivity contribution in [2.75, 3.05) is 20.3 Å². The molecule has 0 aliphatic carbocycles. The Morgan fingerprint density at radius 2 is 1.63 bits per heavy atom. The number of carbonyl (C=O) groups excluding carboxylic acids is 2. The van der Waals surface area contributed by atoms with Crippen LogP contribution >= 0.6 is 22.9 Å². The van der Waals surface area contributed by atoms with Crippen LogP contribution in [-0.2, 0) is 20.9 Å². The molecule has 0 N–H and O–H groups in total.